The van der Waals surface area contributed by atoms with Crippen molar-refractivity contribution in [3.63, 3.8) is 0 Å². The van der Waals surface area contributed by atoms with Crippen molar-refractivity contribution in [1.82, 2.24) is 10.4 Å². The smallest absolute Gasteiger partial charge is 0.271 e. The van der Waals surface area contributed by atoms with E-state index in [1.165, 1.54) is 0 Å². The Morgan fingerprint density at radius 1 is 1.27 bits per heavy atom. The first kappa shape index (κ1) is 14.0. The van der Waals surface area contributed by atoms with Gasteiger partial charge in [0.05, 0.1) is 6.21 Å². The summed E-state index contributed by atoms with van der Waals surface area (Å²) < 4.78 is 5.81. The monoisotopic (exact) mass is 293 g/mol. The zero-order valence-corrected chi connectivity index (χ0v) is 12.1. The van der Waals surface area contributed by atoms with Crippen LogP contribution in [0.25, 0.3) is 6.08 Å². The third kappa shape index (κ3) is 3.03. The number of aromatic nitrogens is 1. The molecule has 0 spiro atoms. The number of hydrazone groups is 1. The van der Waals surface area contributed by atoms with Gasteiger partial charge in [0.1, 0.15) is 11.9 Å². The second kappa shape index (κ2) is 6.22. The minimum absolute atomic E-state index is 0.114. The minimum atomic E-state index is -0.274. The molecule has 1 atom stereocenters. The van der Waals surface area contributed by atoms with Crippen molar-refractivity contribution in [2.75, 3.05) is 0 Å². The van der Waals surface area contributed by atoms with Crippen LogP contribution in [0.5, 0.6) is 5.75 Å². The maximum Gasteiger partial charge on any atom is 0.271 e. The molecule has 22 heavy (non-hydrogen) atoms. The van der Waals surface area contributed by atoms with E-state index in [2.05, 4.69) is 15.5 Å². The van der Waals surface area contributed by atoms with Gasteiger partial charge in [0.15, 0.2) is 0 Å². The Hall–Kier alpha value is -2.95. The van der Waals surface area contributed by atoms with Crippen molar-refractivity contribution in [1.29, 1.82) is 0 Å². The Kier molecular flexibility index (Phi) is 3.96. The lowest BCUT2D eigenvalue weighted by atomic mass is 10.0. The zero-order chi connectivity index (χ0) is 15.4. The molecule has 5 heteroatoms. The molecule has 1 aliphatic rings. The normalized spacial score (nSPS) is 16.6. The van der Waals surface area contributed by atoms with Crippen LogP contribution in [0.4, 0.5) is 0 Å². The molecule has 0 radical (unpaired) electrons. The van der Waals surface area contributed by atoms with E-state index >= 15 is 0 Å². The summed E-state index contributed by atoms with van der Waals surface area (Å²) in [6.07, 6.45) is 6.63. The van der Waals surface area contributed by atoms with Gasteiger partial charge in [-0.2, -0.15) is 5.10 Å². The van der Waals surface area contributed by atoms with Crippen molar-refractivity contribution in [3.05, 3.63) is 65.5 Å². The molecule has 1 N–H and O–H groups in total. The number of rotatable bonds is 3. The van der Waals surface area contributed by atoms with Crippen LogP contribution in [-0.2, 0) is 0 Å². The molecule has 1 amide bonds. The summed E-state index contributed by atoms with van der Waals surface area (Å²) in [6.45, 7) is 1.94. The van der Waals surface area contributed by atoms with Gasteiger partial charge in [-0.1, -0.05) is 18.2 Å². The molecule has 0 bridgehead atoms. The molecular weight excluding hydrogens is 278 g/mol. The molecule has 0 saturated heterocycles. The lowest BCUT2D eigenvalue weighted by molar-refractivity contribution is 0.0955. The molecule has 0 fully saturated rings. The average molecular weight is 293 g/mol. The third-order valence-electron chi connectivity index (χ3n) is 3.34. The number of carbonyl (C=O) groups is 1. The number of benzene rings is 1. The predicted molar refractivity (Wildman–Crippen MR) is 84.7 cm³/mol. The maximum absolute atomic E-state index is 11.9. The summed E-state index contributed by atoms with van der Waals surface area (Å²) in [7, 11) is 0. The molecule has 0 aliphatic carbocycles. The highest BCUT2D eigenvalue weighted by Crippen LogP contribution is 2.28. The van der Waals surface area contributed by atoms with Crippen LogP contribution in [0.2, 0.25) is 0 Å². The van der Waals surface area contributed by atoms with Crippen LogP contribution in [-0.4, -0.2) is 23.2 Å². The summed E-state index contributed by atoms with van der Waals surface area (Å²) in [5.41, 5.74) is 4.91. The van der Waals surface area contributed by atoms with E-state index in [9.17, 15) is 4.79 Å². The molecule has 110 valence electrons. The molecule has 1 aromatic carbocycles. The fourth-order valence-corrected chi connectivity index (χ4v) is 2.14. The summed E-state index contributed by atoms with van der Waals surface area (Å²) in [4.78, 5) is 15.7. The first-order valence-electron chi connectivity index (χ1n) is 6.95. The van der Waals surface area contributed by atoms with Gasteiger partial charge < -0.3 is 4.74 Å². The molecule has 1 aliphatic heterocycles. The Bertz CT molecular complexity index is 739. The van der Waals surface area contributed by atoms with E-state index < -0.39 is 0 Å². The van der Waals surface area contributed by atoms with E-state index in [4.69, 9.17) is 4.74 Å². The first-order valence-corrected chi connectivity index (χ1v) is 6.95. The van der Waals surface area contributed by atoms with E-state index in [1.54, 1.807) is 30.7 Å². The lowest BCUT2D eigenvalue weighted by Crippen LogP contribution is -2.22. The number of carbonyl (C=O) groups excluding carboxylic acids is 1. The fraction of sp³-hybridized carbons (Fsp3) is 0.118. The van der Waals surface area contributed by atoms with Crippen LogP contribution in [0.3, 0.4) is 0 Å². The number of para-hydroxylation sites is 1. The number of hydrogen-bond acceptors (Lipinski definition) is 4. The van der Waals surface area contributed by atoms with Crippen molar-refractivity contribution < 1.29 is 9.53 Å². The summed E-state index contributed by atoms with van der Waals surface area (Å²) >= 11 is 0. The van der Waals surface area contributed by atoms with E-state index in [0.717, 1.165) is 16.9 Å². The van der Waals surface area contributed by atoms with Gasteiger partial charge in [-0.15, -0.1) is 0 Å². The molecule has 1 aromatic heterocycles. The van der Waals surface area contributed by atoms with Gasteiger partial charge in [0, 0.05) is 29.1 Å². The number of pyridine rings is 1. The Labute approximate surface area is 128 Å². The van der Waals surface area contributed by atoms with Gasteiger partial charge in [0.25, 0.3) is 5.91 Å². The summed E-state index contributed by atoms with van der Waals surface area (Å²) in [6, 6.07) is 11.1. The van der Waals surface area contributed by atoms with Crippen molar-refractivity contribution in [3.8, 4) is 5.75 Å². The minimum Gasteiger partial charge on any atom is -0.485 e. The highest BCUT2D eigenvalue weighted by atomic mass is 16.5. The molecule has 3 rings (SSSR count). The van der Waals surface area contributed by atoms with Crippen molar-refractivity contribution >= 4 is 18.2 Å². The first-order chi connectivity index (χ1) is 10.7. The fourth-order valence-electron chi connectivity index (χ4n) is 2.14. The van der Waals surface area contributed by atoms with Crippen molar-refractivity contribution in [2.24, 2.45) is 5.10 Å². The molecule has 2 aromatic rings. The molecule has 0 saturated carbocycles. The third-order valence-corrected chi connectivity index (χ3v) is 3.34. The second-order valence-electron chi connectivity index (χ2n) is 4.88. The highest BCUT2D eigenvalue weighted by Gasteiger charge is 2.16. The maximum atomic E-state index is 11.9. The second-order valence-corrected chi connectivity index (χ2v) is 4.88. The zero-order valence-electron chi connectivity index (χ0n) is 12.1. The largest absolute Gasteiger partial charge is 0.485 e. The van der Waals surface area contributed by atoms with Crippen LogP contribution in [0.15, 0.2) is 59.5 Å². The van der Waals surface area contributed by atoms with Gasteiger partial charge >= 0.3 is 0 Å². The molecule has 5 nitrogen and oxygen atoms in total. The molecule has 2 heterocycles. The average Bonchev–Trinajstić information content (AvgIpc) is 2.56. The summed E-state index contributed by atoms with van der Waals surface area (Å²) in [5, 5.41) is 4.00. The number of nitrogens with one attached hydrogen (secondary N) is 1. The van der Waals surface area contributed by atoms with E-state index in [-0.39, 0.29) is 12.0 Å². The number of nitrogens with zero attached hydrogens (tertiary/aromatic N) is 2. The topological polar surface area (TPSA) is 63.6 Å². The van der Waals surface area contributed by atoms with Gasteiger partial charge in [-0.05, 0) is 31.2 Å². The predicted octanol–water partition coefficient (Wildman–Crippen LogP) is 2.66. The van der Waals surface area contributed by atoms with Gasteiger partial charge in [-0.25, -0.2) is 5.43 Å². The quantitative estimate of drug-likeness (QED) is 0.699. The molecular formula is C17H15N3O2. The standard InChI is InChI=1S/C17H15N3O2/c1-12-15(10-14-4-2-3-5-16(14)22-12)11-19-20-17(21)13-6-8-18-9-7-13/h2-12H,1H3,(H,20,21)/b19-11-/t12-/m1/s1. The SMILES string of the molecule is C[C@H]1Oc2ccccc2C=C1/C=N\NC(=O)c1ccncc1. The van der Waals surface area contributed by atoms with Gasteiger partial charge in [-0.3, -0.25) is 9.78 Å². The summed E-state index contributed by atoms with van der Waals surface area (Å²) in [5.74, 6) is 0.581. The Morgan fingerprint density at radius 3 is 2.86 bits per heavy atom. The molecule has 0 unspecified atom stereocenters. The van der Waals surface area contributed by atoms with Gasteiger partial charge in [0.2, 0.25) is 0 Å². The number of amides is 1. The van der Waals surface area contributed by atoms with Crippen molar-refractivity contribution in [2.45, 2.75) is 13.0 Å². The van der Waals surface area contributed by atoms with Crippen LogP contribution in [0.1, 0.15) is 22.8 Å². The van der Waals surface area contributed by atoms with Crippen LogP contribution < -0.4 is 10.2 Å². The Morgan fingerprint density at radius 2 is 2.05 bits per heavy atom. The number of hydrogen-bond donors (Lipinski definition) is 1. The van der Waals surface area contributed by atoms with E-state index in [0.29, 0.717) is 5.56 Å². The van der Waals surface area contributed by atoms with Crippen LogP contribution >= 0.6 is 0 Å². The van der Waals surface area contributed by atoms with Crippen LogP contribution in [0, 0.1) is 0 Å². The highest BCUT2D eigenvalue weighted by molar-refractivity contribution is 5.95. The number of fused-ring (bicyclic) bond motifs is 1. The number of ether oxygens (including phenoxy) is 1. The Balaban J connectivity index is 1.71. The van der Waals surface area contributed by atoms with E-state index in [1.807, 2.05) is 37.3 Å². The lowest BCUT2D eigenvalue weighted by Gasteiger charge is -2.22.